The zero-order chi connectivity index (χ0) is 13.8. The van der Waals surface area contributed by atoms with E-state index in [0.717, 1.165) is 30.0 Å². The highest BCUT2D eigenvalue weighted by atomic mass is 32.1. The van der Waals surface area contributed by atoms with Crippen molar-refractivity contribution in [2.24, 2.45) is 5.73 Å². The molecule has 100 valence electrons. The molecule has 3 nitrogen and oxygen atoms in total. The van der Waals surface area contributed by atoms with E-state index >= 15 is 0 Å². The average molecular weight is 291 g/mol. The Balaban J connectivity index is 2.38. The molecule has 2 heterocycles. The maximum absolute atomic E-state index is 5.85. The second-order valence-corrected chi connectivity index (χ2v) is 5.76. The van der Waals surface area contributed by atoms with Crippen molar-refractivity contribution in [2.45, 2.75) is 20.4 Å². The van der Waals surface area contributed by atoms with E-state index in [-0.39, 0.29) is 0 Å². The molecular formula is C14H17N3S2. The molecule has 0 bridgehead atoms. The smallest absolute Gasteiger partial charge is 0.139 e. The van der Waals surface area contributed by atoms with E-state index in [1.54, 1.807) is 11.3 Å². The summed E-state index contributed by atoms with van der Waals surface area (Å²) in [5.74, 6) is 0.878. The summed E-state index contributed by atoms with van der Waals surface area (Å²) in [4.78, 5) is 8.39. The number of aryl methyl sites for hydroxylation is 1. The van der Waals surface area contributed by atoms with Crippen molar-refractivity contribution in [3.8, 4) is 0 Å². The molecule has 0 spiro atoms. The number of thiocarbonyl (C=S) groups is 1. The fraction of sp³-hybridized carbons (Fsp3) is 0.286. The van der Waals surface area contributed by atoms with Crippen LogP contribution in [0.5, 0.6) is 0 Å². The SMILES string of the molecule is CCN(Cc1cccs1)c1nccc(C)c1C(N)=S. The summed E-state index contributed by atoms with van der Waals surface area (Å²) < 4.78 is 0. The third-order valence-electron chi connectivity index (χ3n) is 2.99. The van der Waals surface area contributed by atoms with Gasteiger partial charge < -0.3 is 10.6 Å². The van der Waals surface area contributed by atoms with Crippen LogP contribution >= 0.6 is 23.6 Å². The monoisotopic (exact) mass is 291 g/mol. The Bertz CT molecular complexity index is 564. The van der Waals surface area contributed by atoms with Crippen LogP contribution in [-0.4, -0.2) is 16.5 Å². The Morgan fingerprint density at radius 2 is 2.26 bits per heavy atom. The highest BCUT2D eigenvalue weighted by Crippen LogP contribution is 2.23. The predicted molar refractivity (Wildman–Crippen MR) is 85.9 cm³/mol. The first-order valence-corrected chi connectivity index (χ1v) is 7.45. The lowest BCUT2D eigenvalue weighted by Crippen LogP contribution is -2.27. The highest BCUT2D eigenvalue weighted by Gasteiger charge is 2.16. The van der Waals surface area contributed by atoms with E-state index in [9.17, 15) is 0 Å². The maximum Gasteiger partial charge on any atom is 0.139 e. The van der Waals surface area contributed by atoms with Crippen molar-refractivity contribution < 1.29 is 0 Å². The second-order valence-electron chi connectivity index (χ2n) is 4.28. The largest absolute Gasteiger partial charge is 0.389 e. The maximum atomic E-state index is 5.85. The molecule has 0 aliphatic carbocycles. The van der Waals surface area contributed by atoms with E-state index in [2.05, 4.69) is 34.3 Å². The number of pyridine rings is 1. The number of thiophene rings is 1. The van der Waals surface area contributed by atoms with Crippen LogP contribution in [0.4, 0.5) is 5.82 Å². The Kier molecular flexibility index (Phi) is 4.50. The number of aromatic nitrogens is 1. The minimum atomic E-state index is 0.408. The van der Waals surface area contributed by atoms with E-state index in [0.29, 0.717) is 4.99 Å². The molecule has 0 aliphatic heterocycles. The highest BCUT2D eigenvalue weighted by molar-refractivity contribution is 7.80. The third-order valence-corrected chi connectivity index (χ3v) is 4.06. The van der Waals surface area contributed by atoms with Crippen LogP contribution in [0.1, 0.15) is 22.9 Å². The first-order chi connectivity index (χ1) is 9.13. The fourth-order valence-corrected chi connectivity index (χ4v) is 2.99. The van der Waals surface area contributed by atoms with E-state index in [4.69, 9.17) is 18.0 Å². The first kappa shape index (κ1) is 14.0. The Labute approximate surface area is 123 Å². The summed E-state index contributed by atoms with van der Waals surface area (Å²) >= 11 is 6.91. The van der Waals surface area contributed by atoms with Gasteiger partial charge in [0.25, 0.3) is 0 Å². The van der Waals surface area contributed by atoms with Crippen molar-refractivity contribution >= 4 is 34.4 Å². The molecule has 2 aromatic heterocycles. The predicted octanol–water partition coefficient (Wildman–Crippen LogP) is 3.11. The van der Waals surface area contributed by atoms with Crippen LogP contribution in [0.25, 0.3) is 0 Å². The van der Waals surface area contributed by atoms with Crippen LogP contribution in [0, 0.1) is 6.92 Å². The van der Waals surface area contributed by atoms with E-state index in [1.165, 1.54) is 4.88 Å². The average Bonchev–Trinajstić information content (AvgIpc) is 2.88. The number of nitrogens with two attached hydrogens (primary N) is 1. The normalized spacial score (nSPS) is 10.4. The van der Waals surface area contributed by atoms with Gasteiger partial charge in [-0.2, -0.15) is 0 Å². The molecule has 19 heavy (non-hydrogen) atoms. The molecule has 2 aromatic rings. The number of nitrogens with zero attached hydrogens (tertiary/aromatic N) is 2. The molecule has 2 N–H and O–H groups in total. The molecule has 0 radical (unpaired) electrons. The Morgan fingerprint density at radius 3 is 2.84 bits per heavy atom. The standard InChI is InChI=1S/C14H17N3S2/c1-3-17(9-11-5-4-8-19-11)14-12(13(15)18)10(2)6-7-16-14/h4-8H,3,9H2,1-2H3,(H2,15,18). The molecule has 0 aromatic carbocycles. The van der Waals surface area contributed by atoms with Gasteiger partial charge in [-0.05, 0) is 36.9 Å². The van der Waals surface area contributed by atoms with Crippen LogP contribution in [0.15, 0.2) is 29.8 Å². The summed E-state index contributed by atoms with van der Waals surface area (Å²) in [5, 5.41) is 2.08. The van der Waals surface area contributed by atoms with E-state index in [1.807, 2.05) is 19.2 Å². The van der Waals surface area contributed by atoms with Gasteiger partial charge in [-0.1, -0.05) is 18.3 Å². The van der Waals surface area contributed by atoms with Gasteiger partial charge in [0.15, 0.2) is 0 Å². The molecule has 0 saturated heterocycles. The number of anilines is 1. The molecule has 0 atom stereocenters. The zero-order valence-electron chi connectivity index (χ0n) is 11.1. The van der Waals surface area contributed by atoms with Crippen molar-refractivity contribution in [3.05, 3.63) is 45.8 Å². The van der Waals surface area contributed by atoms with Crippen molar-refractivity contribution in [2.75, 3.05) is 11.4 Å². The molecule has 5 heteroatoms. The molecule has 0 amide bonds. The lowest BCUT2D eigenvalue weighted by atomic mass is 10.1. The summed E-state index contributed by atoms with van der Waals surface area (Å²) in [5.41, 5.74) is 7.81. The Hall–Kier alpha value is -1.46. The van der Waals surface area contributed by atoms with Gasteiger partial charge >= 0.3 is 0 Å². The quantitative estimate of drug-likeness (QED) is 0.860. The summed E-state index contributed by atoms with van der Waals surface area (Å²) in [6.45, 7) is 5.82. The van der Waals surface area contributed by atoms with Crippen LogP contribution in [0.3, 0.4) is 0 Å². The van der Waals surface area contributed by atoms with Crippen molar-refractivity contribution in [1.29, 1.82) is 0 Å². The van der Waals surface area contributed by atoms with Gasteiger partial charge in [-0.3, -0.25) is 0 Å². The number of hydrogen-bond donors (Lipinski definition) is 1. The van der Waals surface area contributed by atoms with Gasteiger partial charge in [0.05, 0.1) is 12.1 Å². The molecule has 2 rings (SSSR count). The molecule has 0 aliphatic rings. The molecule has 0 unspecified atom stereocenters. The first-order valence-electron chi connectivity index (χ1n) is 6.16. The van der Waals surface area contributed by atoms with Gasteiger partial charge in [0, 0.05) is 17.6 Å². The summed E-state index contributed by atoms with van der Waals surface area (Å²) in [6.07, 6.45) is 1.81. The minimum absolute atomic E-state index is 0.408. The minimum Gasteiger partial charge on any atom is -0.389 e. The number of rotatable bonds is 5. The van der Waals surface area contributed by atoms with Crippen molar-refractivity contribution in [3.63, 3.8) is 0 Å². The lowest BCUT2D eigenvalue weighted by Gasteiger charge is -2.24. The van der Waals surface area contributed by atoms with Crippen LogP contribution in [0.2, 0.25) is 0 Å². The topological polar surface area (TPSA) is 42.2 Å². The van der Waals surface area contributed by atoms with Crippen LogP contribution < -0.4 is 10.6 Å². The van der Waals surface area contributed by atoms with Gasteiger partial charge in [-0.25, -0.2) is 4.98 Å². The fourth-order valence-electron chi connectivity index (χ4n) is 2.02. The summed E-state index contributed by atoms with van der Waals surface area (Å²) in [7, 11) is 0. The molecule has 0 fully saturated rings. The zero-order valence-corrected chi connectivity index (χ0v) is 12.7. The molecule has 0 saturated carbocycles. The second kappa shape index (κ2) is 6.12. The Morgan fingerprint density at radius 1 is 1.47 bits per heavy atom. The van der Waals surface area contributed by atoms with Gasteiger partial charge in [0.2, 0.25) is 0 Å². The molecular weight excluding hydrogens is 274 g/mol. The number of hydrogen-bond acceptors (Lipinski definition) is 4. The third kappa shape index (κ3) is 3.11. The van der Waals surface area contributed by atoms with Gasteiger partial charge in [0.1, 0.15) is 10.8 Å². The van der Waals surface area contributed by atoms with E-state index < -0.39 is 0 Å². The lowest BCUT2D eigenvalue weighted by molar-refractivity contribution is 0.821. The van der Waals surface area contributed by atoms with Gasteiger partial charge in [-0.15, -0.1) is 11.3 Å². The van der Waals surface area contributed by atoms with Crippen molar-refractivity contribution in [1.82, 2.24) is 4.98 Å². The van der Waals surface area contributed by atoms with Crippen LogP contribution in [-0.2, 0) is 6.54 Å². The summed E-state index contributed by atoms with van der Waals surface area (Å²) in [6, 6.07) is 6.13.